The van der Waals surface area contributed by atoms with Gasteiger partial charge in [-0.25, -0.2) is 9.78 Å². The Bertz CT molecular complexity index is 1260. The highest BCUT2D eigenvalue weighted by Crippen LogP contribution is 2.31. The Labute approximate surface area is 205 Å². The lowest BCUT2D eigenvalue weighted by molar-refractivity contribution is -0.133. The molecule has 0 saturated carbocycles. The van der Waals surface area contributed by atoms with Gasteiger partial charge in [0, 0.05) is 16.3 Å². The third kappa shape index (κ3) is 4.62. The number of ether oxygens (including phenoxy) is 1. The summed E-state index contributed by atoms with van der Waals surface area (Å²) < 4.78 is 5.15. The van der Waals surface area contributed by atoms with Crippen LogP contribution in [0, 0.1) is 6.92 Å². The summed E-state index contributed by atoms with van der Waals surface area (Å²) in [4.78, 5) is 44.6. The number of aryl methyl sites for hydroxylation is 1. The molecule has 0 spiro atoms. The molecule has 2 N–H and O–H groups in total. The van der Waals surface area contributed by atoms with E-state index in [0.29, 0.717) is 27.9 Å². The number of nitrogens with one attached hydrogen (secondary N) is 2. The van der Waals surface area contributed by atoms with Gasteiger partial charge in [0.15, 0.2) is 5.13 Å². The van der Waals surface area contributed by atoms with E-state index < -0.39 is 29.9 Å². The molecule has 1 atom stereocenters. The number of rotatable bonds is 7. The first-order valence-electron chi connectivity index (χ1n) is 10.5. The number of halogens is 1. The predicted molar refractivity (Wildman–Crippen MR) is 130 cm³/mol. The summed E-state index contributed by atoms with van der Waals surface area (Å²) in [5.41, 5.74) is 1.06. The van der Waals surface area contributed by atoms with Crippen LogP contribution < -0.4 is 15.4 Å². The molecule has 10 heteroatoms. The van der Waals surface area contributed by atoms with Crippen LogP contribution in [0.3, 0.4) is 0 Å². The van der Waals surface area contributed by atoms with Gasteiger partial charge in [-0.2, -0.15) is 0 Å². The molecule has 1 fully saturated rings. The first kappa shape index (κ1) is 23.7. The van der Waals surface area contributed by atoms with E-state index in [4.69, 9.17) is 16.3 Å². The zero-order chi connectivity index (χ0) is 24.5. The summed E-state index contributed by atoms with van der Waals surface area (Å²) >= 11 is 7.59. The van der Waals surface area contributed by atoms with E-state index in [1.807, 2.05) is 31.2 Å². The number of methoxy groups -OCH3 is 1. The molecule has 0 bridgehead atoms. The average Bonchev–Trinajstić information content (AvgIpc) is 3.26. The second-order valence-corrected chi connectivity index (χ2v) is 9.51. The number of carbonyl (C=O) groups is 3. The lowest BCUT2D eigenvalue weighted by atomic mass is 9.92. The highest BCUT2D eigenvalue weighted by Gasteiger charge is 2.49. The summed E-state index contributed by atoms with van der Waals surface area (Å²) in [6.45, 7) is 3.04. The van der Waals surface area contributed by atoms with Crippen LogP contribution in [0.1, 0.15) is 28.6 Å². The molecule has 0 aliphatic carbocycles. The molecule has 2 heterocycles. The fourth-order valence-electron chi connectivity index (χ4n) is 3.72. The van der Waals surface area contributed by atoms with Crippen molar-refractivity contribution in [3.8, 4) is 5.75 Å². The molecule has 1 unspecified atom stereocenters. The minimum absolute atomic E-state index is 0.398. The molecular formula is C24H23ClN4O4S. The molecule has 8 nitrogen and oxygen atoms in total. The molecule has 3 aromatic rings. The Balaban J connectivity index is 1.43. The van der Waals surface area contributed by atoms with Gasteiger partial charge in [-0.15, -0.1) is 11.3 Å². The number of benzene rings is 2. The second kappa shape index (κ2) is 9.44. The number of amides is 4. The van der Waals surface area contributed by atoms with E-state index >= 15 is 0 Å². The largest absolute Gasteiger partial charge is 0.497 e. The van der Waals surface area contributed by atoms with Crippen LogP contribution in [-0.2, 0) is 21.5 Å². The van der Waals surface area contributed by atoms with Crippen molar-refractivity contribution >= 4 is 45.9 Å². The van der Waals surface area contributed by atoms with E-state index in [1.54, 1.807) is 38.3 Å². The topological polar surface area (TPSA) is 101 Å². The molecule has 2 aromatic carbocycles. The van der Waals surface area contributed by atoms with Crippen molar-refractivity contribution in [1.82, 2.24) is 15.2 Å². The smallest absolute Gasteiger partial charge is 0.325 e. The van der Waals surface area contributed by atoms with Crippen LogP contribution >= 0.6 is 22.9 Å². The Kier molecular flexibility index (Phi) is 6.58. The number of urea groups is 1. The maximum absolute atomic E-state index is 13.1. The molecule has 1 aliphatic heterocycles. The van der Waals surface area contributed by atoms with Gasteiger partial charge in [0.1, 0.15) is 17.8 Å². The minimum Gasteiger partial charge on any atom is -0.497 e. The molecule has 0 radical (unpaired) electrons. The van der Waals surface area contributed by atoms with Gasteiger partial charge in [0.25, 0.3) is 5.91 Å². The minimum atomic E-state index is -1.27. The molecule has 1 saturated heterocycles. The van der Waals surface area contributed by atoms with Crippen molar-refractivity contribution in [2.45, 2.75) is 25.8 Å². The van der Waals surface area contributed by atoms with Gasteiger partial charge >= 0.3 is 6.03 Å². The highest BCUT2D eigenvalue weighted by molar-refractivity contribution is 7.15. The summed E-state index contributed by atoms with van der Waals surface area (Å²) in [5, 5.41) is 6.45. The van der Waals surface area contributed by atoms with Gasteiger partial charge in [-0.05, 0) is 43.2 Å². The molecule has 176 valence electrons. The third-order valence-electron chi connectivity index (χ3n) is 5.69. The van der Waals surface area contributed by atoms with Gasteiger partial charge in [-0.3, -0.25) is 14.5 Å². The zero-order valence-corrected chi connectivity index (χ0v) is 20.4. The maximum atomic E-state index is 13.1. The molecular weight excluding hydrogens is 476 g/mol. The summed E-state index contributed by atoms with van der Waals surface area (Å²) in [6, 6.07) is 13.8. The monoisotopic (exact) mass is 498 g/mol. The SMILES string of the molecule is COc1ccc(C2(C)NC(=O)N(CC(=O)Nc3nc(C)c(Cc4ccccc4Cl)s3)C2=O)cc1. The van der Waals surface area contributed by atoms with Crippen molar-refractivity contribution in [2.24, 2.45) is 0 Å². The number of nitrogens with zero attached hydrogens (tertiary/aromatic N) is 2. The van der Waals surface area contributed by atoms with Crippen molar-refractivity contribution in [1.29, 1.82) is 0 Å². The molecule has 1 aliphatic rings. The summed E-state index contributed by atoms with van der Waals surface area (Å²) in [5.74, 6) is -0.388. The quantitative estimate of drug-likeness (QED) is 0.477. The van der Waals surface area contributed by atoms with Gasteiger partial charge in [-0.1, -0.05) is 41.9 Å². The Morgan fingerprint density at radius 2 is 1.91 bits per heavy atom. The van der Waals surface area contributed by atoms with E-state index in [-0.39, 0.29) is 0 Å². The number of hydrogen-bond donors (Lipinski definition) is 2. The van der Waals surface area contributed by atoms with Crippen molar-refractivity contribution in [3.63, 3.8) is 0 Å². The first-order chi connectivity index (χ1) is 16.2. The van der Waals surface area contributed by atoms with E-state index in [1.165, 1.54) is 11.3 Å². The number of hydrogen-bond acceptors (Lipinski definition) is 6. The molecule has 4 rings (SSSR count). The molecule has 34 heavy (non-hydrogen) atoms. The fourth-order valence-corrected chi connectivity index (χ4v) is 4.93. The van der Waals surface area contributed by atoms with Crippen LogP contribution in [0.2, 0.25) is 5.02 Å². The number of anilines is 1. The fraction of sp³-hybridized carbons (Fsp3) is 0.250. The Morgan fingerprint density at radius 1 is 1.21 bits per heavy atom. The van der Waals surface area contributed by atoms with Gasteiger partial charge < -0.3 is 15.4 Å². The van der Waals surface area contributed by atoms with Crippen LogP contribution in [0.15, 0.2) is 48.5 Å². The lowest BCUT2D eigenvalue weighted by Crippen LogP contribution is -2.42. The molecule has 1 aromatic heterocycles. The standard InChI is InChI=1S/C24H23ClN4O4S/c1-14-19(12-15-6-4-5-7-18(15)25)34-22(26-14)27-20(30)13-29-21(31)24(2,28-23(29)32)16-8-10-17(33-3)11-9-16/h4-11H,12-13H2,1-3H3,(H,28,32)(H,26,27,30). The molecule has 4 amide bonds. The lowest BCUT2D eigenvalue weighted by Gasteiger charge is -2.22. The van der Waals surface area contributed by atoms with Crippen molar-refractivity contribution < 1.29 is 19.1 Å². The third-order valence-corrected chi connectivity index (χ3v) is 7.13. The van der Waals surface area contributed by atoms with E-state index in [0.717, 1.165) is 21.0 Å². The highest BCUT2D eigenvalue weighted by atomic mass is 35.5. The Hall–Kier alpha value is -3.43. The summed E-state index contributed by atoms with van der Waals surface area (Å²) in [6.07, 6.45) is 0.590. The van der Waals surface area contributed by atoms with Crippen molar-refractivity contribution in [3.05, 3.63) is 75.3 Å². The summed E-state index contributed by atoms with van der Waals surface area (Å²) in [7, 11) is 1.54. The zero-order valence-electron chi connectivity index (χ0n) is 18.8. The van der Waals surface area contributed by atoms with E-state index in [9.17, 15) is 14.4 Å². The van der Waals surface area contributed by atoms with Crippen molar-refractivity contribution in [2.75, 3.05) is 19.0 Å². The van der Waals surface area contributed by atoms with Crippen LogP contribution in [0.25, 0.3) is 0 Å². The number of thiazole rings is 1. The Morgan fingerprint density at radius 3 is 2.59 bits per heavy atom. The van der Waals surface area contributed by atoms with Crippen LogP contribution in [0.5, 0.6) is 5.75 Å². The van der Waals surface area contributed by atoms with E-state index in [2.05, 4.69) is 15.6 Å². The van der Waals surface area contributed by atoms with Crippen LogP contribution in [-0.4, -0.2) is 41.4 Å². The normalized spacial score (nSPS) is 17.6. The van der Waals surface area contributed by atoms with Gasteiger partial charge in [0.05, 0.1) is 12.8 Å². The maximum Gasteiger partial charge on any atom is 0.325 e. The first-order valence-corrected chi connectivity index (χ1v) is 11.7. The average molecular weight is 499 g/mol. The number of aromatic nitrogens is 1. The van der Waals surface area contributed by atoms with Crippen LogP contribution in [0.4, 0.5) is 9.93 Å². The predicted octanol–water partition coefficient (Wildman–Crippen LogP) is 4.11. The second-order valence-electron chi connectivity index (χ2n) is 8.02. The number of carbonyl (C=O) groups excluding carboxylic acids is 3. The number of imide groups is 1. The van der Waals surface area contributed by atoms with Gasteiger partial charge in [0.2, 0.25) is 5.91 Å².